The van der Waals surface area contributed by atoms with Crippen LogP contribution in [-0.4, -0.2) is 30.7 Å². The van der Waals surface area contributed by atoms with Gasteiger partial charge in [-0.1, -0.05) is 23.5 Å². The van der Waals surface area contributed by atoms with Gasteiger partial charge in [-0.15, -0.1) is 0 Å². The minimum atomic E-state index is 0.749. The molecule has 2 aromatic rings. The Hall–Kier alpha value is -1.13. The standard InChI is InChI=1S/C15H19N3S/c1-2-6-14-13(5-1)17-15(19-14)18-9-7-12-11(10-18)4-3-8-16-12/h1-2,5-6,11-12,16H,3-4,7-10H2. The Balaban J connectivity index is 1.58. The van der Waals surface area contributed by atoms with Crippen LogP contribution in [0.3, 0.4) is 0 Å². The van der Waals surface area contributed by atoms with Crippen LogP contribution in [-0.2, 0) is 0 Å². The maximum absolute atomic E-state index is 4.80. The highest BCUT2D eigenvalue weighted by Crippen LogP contribution is 2.33. The number of aromatic nitrogens is 1. The van der Waals surface area contributed by atoms with Gasteiger partial charge in [0, 0.05) is 19.1 Å². The molecule has 100 valence electrons. The Labute approximate surface area is 117 Å². The zero-order valence-electron chi connectivity index (χ0n) is 11.0. The van der Waals surface area contributed by atoms with Gasteiger partial charge in [0.15, 0.2) is 5.13 Å². The largest absolute Gasteiger partial charge is 0.348 e. The molecule has 1 aromatic carbocycles. The van der Waals surface area contributed by atoms with E-state index in [1.54, 1.807) is 0 Å². The van der Waals surface area contributed by atoms with Crippen LogP contribution < -0.4 is 10.2 Å². The molecule has 1 aromatic heterocycles. The summed E-state index contributed by atoms with van der Waals surface area (Å²) in [5.41, 5.74) is 1.14. The molecule has 4 heteroatoms. The summed E-state index contributed by atoms with van der Waals surface area (Å²) in [7, 11) is 0. The number of piperidine rings is 2. The van der Waals surface area contributed by atoms with Crippen molar-refractivity contribution in [3.05, 3.63) is 24.3 Å². The maximum Gasteiger partial charge on any atom is 0.186 e. The second-order valence-corrected chi connectivity index (χ2v) is 6.67. The molecule has 4 rings (SSSR count). The van der Waals surface area contributed by atoms with Crippen LogP contribution in [0.2, 0.25) is 0 Å². The number of fused-ring (bicyclic) bond motifs is 2. The summed E-state index contributed by atoms with van der Waals surface area (Å²) in [5.74, 6) is 0.814. The third-order valence-electron chi connectivity index (χ3n) is 4.45. The van der Waals surface area contributed by atoms with Crippen LogP contribution in [0.15, 0.2) is 24.3 Å². The van der Waals surface area contributed by atoms with Crippen molar-refractivity contribution >= 4 is 26.7 Å². The molecular formula is C15H19N3S. The lowest BCUT2D eigenvalue weighted by Gasteiger charge is -2.41. The van der Waals surface area contributed by atoms with Gasteiger partial charge in [0.05, 0.1) is 10.2 Å². The van der Waals surface area contributed by atoms with E-state index in [1.165, 1.54) is 42.2 Å². The third kappa shape index (κ3) is 2.13. The number of hydrogen-bond donors (Lipinski definition) is 1. The Morgan fingerprint density at radius 3 is 3.16 bits per heavy atom. The zero-order valence-corrected chi connectivity index (χ0v) is 11.8. The Bertz CT molecular complexity index is 547. The summed E-state index contributed by atoms with van der Waals surface area (Å²) in [4.78, 5) is 7.30. The molecule has 1 N–H and O–H groups in total. The molecule has 0 saturated carbocycles. The van der Waals surface area contributed by atoms with Gasteiger partial charge in [-0.05, 0) is 43.9 Å². The van der Waals surface area contributed by atoms with E-state index < -0.39 is 0 Å². The minimum Gasteiger partial charge on any atom is -0.348 e. The highest BCUT2D eigenvalue weighted by molar-refractivity contribution is 7.22. The second-order valence-electron chi connectivity index (χ2n) is 5.66. The molecule has 0 radical (unpaired) electrons. The summed E-state index contributed by atoms with van der Waals surface area (Å²) in [6, 6.07) is 9.21. The smallest absolute Gasteiger partial charge is 0.186 e. The molecule has 0 spiro atoms. The van der Waals surface area contributed by atoms with Crippen LogP contribution in [0.1, 0.15) is 19.3 Å². The van der Waals surface area contributed by atoms with Crippen molar-refractivity contribution in [2.24, 2.45) is 5.92 Å². The molecule has 0 aliphatic carbocycles. The van der Waals surface area contributed by atoms with E-state index in [1.807, 2.05) is 11.3 Å². The van der Waals surface area contributed by atoms with E-state index in [-0.39, 0.29) is 0 Å². The number of nitrogens with one attached hydrogen (secondary N) is 1. The lowest BCUT2D eigenvalue weighted by atomic mass is 9.86. The molecule has 2 saturated heterocycles. The first-order valence-corrected chi connectivity index (χ1v) is 8.06. The fraction of sp³-hybridized carbons (Fsp3) is 0.533. The van der Waals surface area contributed by atoms with Crippen LogP contribution >= 0.6 is 11.3 Å². The van der Waals surface area contributed by atoms with Crippen molar-refractivity contribution in [2.45, 2.75) is 25.3 Å². The van der Waals surface area contributed by atoms with E-state index in [0.29, 0.717) is 0 Å². The predicted molar refractivity (Wildman–Crippen MR) is 81.0 cm³/mol. The molecule has 2 atom stereocenters. The number of rotatable bonds is 1. The highest BCUT2D eigenvalue weighted by Gasteiger charge is 2.31. The Morgan fingerprint density at radius 2 is 2.21 bits per heavy atom. The summed E-state index contributed by atoms with van der Waals surface area (Å²) in [6.45, 7) is 3.54. The molecule has 19 heavy (non-hydrogen) atoms. The van der Waals surface area contributed by atoms with Crippen LogP contribution in [0, 0.1) is 5.92 Å². The van der Waals surface area contributed by atoms with Gasteiger partial charge >= 0.3 is 0 Å². The summed E-state index contributed by atoms with van der Waals surface area (Å²) in [5, 5.41) is 4.89. The minimum absolute atomic E-state index is 0.749. The molecule has 2 aliphatic heterocycles. The average molecular weight is 273 g/mol. The van der Waals surface area contributed by atoms with Gasteiger partial charge in [-0.3, -0.25) is 0 Å². The second kappa shape index (κ2) is 4.76. The van der Waals surface area contributed by atoms with E-state index >= 15 is 0 Å². The van der Waals surface area contributed by atoms with Crippen molar-refractivity contribution in [1.82, 2.24) is 10.3 Å². The Morgan fingerprint density at radius 1 is 1.26 bits per heavy atom. The van der Waals surface area contributed by atoms with Crippen LogP contribution in [0.5, 0.6) is 0 Å². The van der Waals surface area contributed by atoms with Gasteiger partial charge in [0.2, 0.25) is 0 Å². The molecule has 3 heterocycles. The Kier molecular flexibility index (Phi) is 2.93. The van der Waals surface area contributed by atoms with E-state index in [9.17, 15) is 0 Å². The summed E-state index contributed by atoms with van der Waals surface area (Å²) in [6.07, 6.45) is 3.97. The number of thiazole rings is 1. The zero-order chi connectivity index (χ0) is 12.7. The number of nitrogens with zero attached hydrogens (tertiary/aromatic N) is 2. The molecule has 3 nitrogen and oxygen atoms in total. The van der Waals surface area contributed by atoms with Crippen LogP contribution in [0.25, 0.3) is 10.2 Å². The third-order valence-corrected chi connectivity index (χ3v) is 5.54. The van der Waals surface area contributed by atoms with Crippen molar-refractivity contribution < 1.29 is 0 Å². The van der Waals surface area contributed by atoms with Gasteiger partial charge in [-0.2, -0.15) is 0 Å². The molecule has 0 amide bonds. The van der Waals surface area contributed by atoms with Crippen molar-refractivity contribution in [3.8, 4) is 0 Å². The summed E-state index contributed by atoms with van der Waals surface area (Å²) >= 11 is 1.84. The van der Waals surface area contributed by atoms with Crippen LogP contribution in [0.4, 0.5) is 5.13 Å². The quantitative estimate of drug-likeness (QED) is 0.866. The van der Waals surface area contributed by atoms with Crippen molar-refractivity contribution in [2.75, 3.05) is 24.5 Å². The van der Waals surface area contributed by atoms with E-state index in [4.69, 9.17) is 4.98 Å². The lowest BCUT2D eigenvalue weighted by Crippen LogP contribution is -2.52. The molecule has 2 unspecified atom stereocenters. The predicted octanol–water partition coefficient (Wildman–Crippen LogP) is 2.87. The fourth-order valence-corrected chi connectivity index (χ4v) is 4.41. The molecule has 2 aliphatic rings. The molecular weight excluding hydrogens is 254 g/mol. The van der Waals surface area contributed by atoms with Gasteiger partial charge in [0.1, 0.15) is 0 Å². The maximum atomic E-state index is 4.80. The first kappa shape index (κ1) is 11.7. The van der Waals surface area contributed by atoms with E-state index in [0.717, 1.165) is 24.0 Å². The van der Waals surface area contributed by atoms with Gasteiger partial charge in [0.25, 0.3) is 0 Å². The van der Waals surface area contributed by atoms with Crippen molar-refractivity contribution in [1.29, 1.82) is 0 Å². The van der Waals surface area contributed by atoms with Gasteiger partial charge < -0.3 is 10.2 Å². The average Bonchev–Trinajstić information content (AvgIpc) is 2.90. The van der Waals surface area contributed by atoms with Crippen molar-refractivity contribution in [3.63, 3.8) is 0 Å². The fourth-order valence-electron chi connectivity index (χ4n) is 3.41. The topological polar surface area (TPSA) is 28.2 Å². The highest BCUT2D eigenvalue weighted by atomic mass is 32.1. The number of para-hydroxylation sites is 1. The number of benzene rings is 1. The number of hydrogen-bond acceptors (Lipinski definition) is 4. The monoisotopic (exact) mass is 273 g/mol. The van der Waals surface area contributed by atoms with E-state index in [2.05, 4.69) is 34.5 Å². The first-order valence-electron chi connectivity index (χ1n) is 7.24. The molecule has 2 fully saturated rings. The molecule has 0 bridgehead atoms. The summed E-state index contributed by atoms with van der Waals surface area (Å²) < 4.78 is 1.31. The normalized spacial score (nSPS) is 27.5. The van der Waals surface area contributed by atoms with Gasteiger partial charge in [-0.25, -0.2) is 4.98 Å². The SMILES string of the molecule is c1ccc2sc(N3CCC4NCCCC4C3)nc2c1. The number of anilines is 1. The lowest BCUT2D eigenvalue weighted by molar-refractivity contribution is 0.244. The first-order chi connectivity index (χ1) is 9.40.